The summed E-state index contributed by atoms with van der Waals surface area (Å²) in [5.41, 5.74) is 2.24. The highest BCUT2D eigenvalue weighted by atomic mass is 16.1. The van der Waals surface area contributed by atoms with Gasteiger partial charge in [-0.25, -0.2) is 0 Å². The fourth-order valence-electron chi connectivity index (χ4n) is 3.36. The summed E-state index contributed by atoms with van der Waals surface area (Å²) in [6.07, 6.45) is 3.02. The summed E-state index contributed by atoms with van der Waals surface area (Å²) in [4.78, 5) is 14.6. The van der Waals surface area contributed by atoms with E-state index in [1.807, 2.05) is 12.1 Å². The zero-order valence-electron chi connectivity index (χ0n) is 10.4. The monoisotopic (exact) mass is 229 g/mol. The van der Waals surface area contributed by atoms with E-state index in [4.69, 9.17) is 0 Å². The number of likely N-dealkylation sites (tertiary alicyclic amines) is 1. The molecule has 2 heteroatoms. The Morgan fingerprint density at radius 3 is 2.88 bits per heavy atom. The molecule has 3 rings (SSSR count). The summed E-state index contributed by atoms with van der Waals surface area (Å²) in [6.45, 7) is 2.29. The largest absolute Gasteiger partial charge is 0.306 e. The van der Waals surface area contributed by atoms with Gasteiger partial charge >= 0.3 is 0 Å². The molecule has 0 saturated carbocycles. The molecule has 1 aromatic rings. The van der Waals surface area contributed by atoms with Gasteiger partial charge in [0.05, 0.1) is 0 Å². The molecule has 2 atom stereocenters. The molecule has 1 saturated heterocycles. The summed E-state index contributed by atoms with van der Waals surface area (Å²) < 4.78 is 0. The van der Waals surface area contributed by atoms with Crippen LogP contribution in [-0.4, -0.2) is 30.8 Å². The van der Waals surface area contributed by atoms with Crippen LogP contribution in [0.1, 0.15) is 28.8 Å². The van der Waals surface area contributed by atoms with Gasteiger partial charge < -0.3 is 4.90 Å². The van der Waals surface area contributed by atoms with Gasteiger partial charge in [-0.1, -0.05) is 24.3 Å². The van der Waals surface area contributed by atoms with Gasteiger partial charge in [-0.2, -0.15) is 0 Å². The van der Waals surface area contributed by atoms with Crippen molar-refractivity contribution in [2.24, 2.45) is 11.8 Å². The lowest BCUT2D eigenvalue weighted by atomic mass is 9.81. The molecule has 0 amide bonds. The van der Waals surface area contributed by atoms with Crippen LogP contribution in [0, 0.1) is 11.8 Å². The van der Waals surface area contributed by atoms with Crippen molar-refractivity contribution in [3.05, 3.63) is 35.4 Å². The van der Waals surface area contributed by atoms with Gasteiger partial charge in [0.25, 0.3) is 0 Å². The van der Waals surface area contributed by atoms with Crippen molar-refractivity contribution in [1.29, 1.82) is 0 Å². The lowest BCUT2D eigenvalue weighted by Crippen LogP contribution is -2.38. The second-order valence-electron chi connectivity index (χ2n) is 5.56. The maximum atomic E-state index is 12.2. The first-order valence-electron chi connectivity index (χ1n) is 6.53. The topological polar surface area (TPSA) is 20.3 Å². The molecule has 2 aliphatic rings. The maximum absolute atomic E-state index is 12.2. The van der Waals surface area contributed by atoms with Crippen LogP contribution < -0.4 is 0 Å². The van der Waals surface area contributed by atoms with Crippen molar-refractivity contribution in [3.63, 3.8) is 0 Å². The van der Waals surface area contributed by atoms with Crippen LogP contribution in [0.5, 0.6) is 0 Å². The molecule has 90 valence electrons. The second-order valence-corrected chi connectivity index (χ2v) is 5.56. The number of nitrogens with zero attached hydrogens (tertiary/aromatic N) is 1. The van der Waals surface area contributed by atoms with E-state index in [1.165, 1.54) is 12.0 Å². The van der Waals surface area contributed by atoms with Crippen molar-refractivity contribution in [2.45, 2.75) is 19.3 Å². The Hall–Kier alpha value is -1.15. The first-order valence-corrected chi connectivity index (χ1v) is 6.53. The minimum absolute atomic E-state index is 0.359. The summed E-state index contributed by atoms with van der Waals surface area (Å²) in [6, 6.07) is 8.17. The van der Waals surface area contributed by atoms with Crippen LogP contribution in [0.4, 0.5) is 0 Å². The van der Waals surface area contributed by atoms with Crippen LogP contribution in [0.2, 0.25) is 0 Å². The number of ketones is 1. The van der Waals surface area contributed by atoms with Gasteiger partial charge in [-0.05, 0) is 43.8 Å². The molecule has 2 nitrogen and oxygen atoms in total. The van der Waals surface area contributed by atoms with Crippen molar-refractivity contribution in [1.82, 2.24) is 4.90 Å². The van der Waals surface area contributed by atoms with Gasteiger partial charge in [0.2, 0.25) is 0 Å². The minimum Gasteiger partial charge on any atom is -0.306 e. The molecule has 1 aromatic carbocycles. The molecule has 1 aliphatic heterocycles. The Bertz CT molecular complexity index is 440. The number of piperidine rings is 1. The lowest BCUT2D eigenvalue weighted by molar-refractivity contribution is 0.0890. The zero-order chi connectivity index (χ0) is 11.8. The molecule has 0 aromatic heterocycles. The summed E-state index contributed by atoms with van der Waals surface area (Å²) in [7, 11) is 2.19. The molecular weight excluding hydrogens is 210 g/mol. The van der Waals surface area contributed by atoms with E-state index in [-0.39, 0.29) is 0 Å². The van der Waals surface area contributed by atoms with Crippen molar-refractivity contribution < 1.29 is 4.79 Å². The fourth-order valence-corrected chi connectivity index (χ4v) is 3.36. The van der Waals surface area contributed by atoms with E-state index >= 15 is 0 Å². The number of rotatable bonds is 0. The van der Waals surface area contributed by atoms with Gasteiger partial charge in [0.1, 0.15) is 0 Å². The van der Waals surface area contributed by atoms with Gasteiger partial charge in [-0.15, -0.1) is 0 Å². The molecule has 0 bridgehead atoms. The number of hydrogen-bond donors (Lipinski definition) is 0. The van der Waals surface area contributed by atoms with Crippen molar-refractivity contribution in [3.8, 4) is 0 Å². The van der Waals surface area contributed by atoms with Crippen molar-refractivity contribution >= 4 is 5.78 Å². The predicted molar refractivity (Wildman–Crippen MR) is 68.2 cm³/mol. The average Bonchev–Trinajstić information content (AvgIpc) is 2.46. The second kappa shape index (κ2) is 4.26. The molecule has 0 spiro atoms. The first-order chi connectivity index (χ1) is 8.24. The first kappa shape index (κ1) is 11.0. The Balaban J connectivity index is 1.94. The molecule has 1 heterocycles. The third kappa shape index (κ3) is 2.02. The molecule has 0 N–H and O–H groups in total. The highest BCUT2D eigenvalue weighted by Gasteiger charge is 2.33. The number of carbonyl (C=O) groups excluding carboxylic acids is 1. The SMILES string of the molecule is CN1CC[C@@H]2CC(=O)c3ccccc3C[C@H]2C1. The van der Waals surface area contributed by atoms with E-state index < -0.39 is 0 Å². The molecule has 0 radical (unpaired) electrons. The van der Waals surface area contributed by atoms with Crippen LogP contribution >= 0.6 is 0 Å². The van der Waals surface area contributed by atoms with Crippen LogP contribution in [-0.2, 0) is 6.42 Å². The van der Waals surface area contributed by atoms with E-state index in [0.717, 1.165) is 31.5 Å². The zero-order valence-corrected chi connectivity index (χ0v) is 10.4. The van der Waals surface area contributed by atoms with E-state index in [2.05, 4.69) is 24.1 Å². The minimum atomic E-state index is 0.359. The quantitative estimate of drug-likeness (QED) is 0.681. The summed E-state index contributed by atoms with van der Waals surface area (Å²) in [5, 5.41) is 0. The molecular formula is C15H19NO. The lowest BCUT2D eigenvalue weighted by Gasteiger charge is -2.35. The van der Waals surface area contributed by atoms with Crippen LogP contribution in [0.3, 0.4) is 0 Å². The molecule has 1 aliphatic carbocycles. The normalized spacial score (nSPS) is 29.4. The smallest absolute Gasteiger partial charge is 0.163 e. The molecule has 17 heavy (non-hydrogen) atoms. The van der Waals surface area contributed by atoms with Crippen molar-refractivity contribution in [2.75, 3.05) is 20.1 Å². The van der Waals surface area contributed by atoms with E-state index in [9.17, 15) is 4.79 Å². The number of hydrogen-bond acceptors (Lipinski definition) is 2. The number of benzene rings is 1. The van der Waals surface area contributed by atoms with Gasteiger partial charge in [0, 0.05) is 18.5 Å². The standard InChI is InChI=1S/C15H19NO/c1-16-7-6-11-9-15(17)14-5-3-2-4-12(14)8-13(11)10-16/h2-5,11,13H,6-10H2,1H3/t11-,13+/m1/s1. The molecule has 0 unspecified atom stereocenters. The highest BCUT2D eigenvalue weighted by Crippen LogP contribution is 2.34. The van der Waals surface area contributed by atoms with Gasteiger partial charge in [-0.3, -0.25) is 4.79 Å². The Morgan fingerprint density at radius 1 is 1.18 bits per heavy atom. The average molecular weight is 229 g/mol. The Labute approximate surface area is 103 Å². The summed E-state index contributed by atoms with van der Waals surface area (Å²) in [5.74, 6) is 1.63. The third-order valence-electron chi connectivity index (χ3n) is 4.34. The maximum Gasteiger partial charge on any atom is 0.163 e. The highest BCUT2D eigenvalue weighted by molar-refractivity contribution is 5.98. The Kier molecular flexibility index (Phi) is 2.75. The van der Waals surface area contributed by atoms with E-state index in [1.54, 1.807) is 0 Å². The van der Waals surface area contributed by atoms with Crippen LogP contribution in [0.25, 0.3) is 0 Å². The van der Waals surface area contributed by atoms with Gasteiger partial charge in [0.15, 0.2) is 5.78 Å². The fraction of sp³-hybridized carbons (Fsp3) is 0.533. The molecule has 1 fully saturated rings. The number of carbonyl (C=O) groups is 1. The third-order valence-corrected chi connectivity index (χ3v) is 4.34. The number of Topliss-reactive ketones (excluding diaryl/α,β-unsaturated/α-hetero) is 1. The Morgan fingerprint density at radius 2 is 2.00 bits per heavy atom. The predicted octanol–water partition coefficient (Wildman–Crippen LogP) is 2.38. The number of fused-ring (bicyclic) bond motifs is 2. The van der Waals surface area contributed by atoms with Crippen LogP contribution in [0.15, 0.2) is 24.3 Å². The summed E-state index contributed by atoms with van der Waals surface area (Å²) >= 11 is 0. The van der Waals surface area contributed by atoms with E-state index in [0.29, 0.717) is 17.6 Å².